The second kappa shape index (κ2) is 4.21. The first kappa shape index (κ1) is 11.7. The Morgan fingerprint density at radius 3 is 2.50 bits per heavy atom. The Bertz CT molecular complexity index is 305. The van der Waals surface area contributed by atoms with Crippen molar-refractivity contribution in [3.8, 4) is 0 Å². The summed E-state index contributed by atoms with van der Waals surface area (Å²) in [7, 11) is 0. The maximum absolute atomic E-state index is 6.52. The Hall–Kier alpha value is -0.0800. The molecule has 0 aromatic carbocycles. The number of hydrogen-bond acceptors (Lipinski definition) is 2. The zero-order valence-corrected chi connectivity index (χ0v) is 11.5. The molecule has 4 fully saturated rings. The molecule has 4 rings (SSSR count). The molecule has 0 aromatic rings. The smallest absolute Gasteiger partial charge is 0.0950 e. The van der Waals surface area contributed by atoms with E-state index in [1.807, 2.05) is 0 Å². The van der Waals surface area contributed by atoms with Crippen molar-refractivity contribution in [1.82, 2.24) is 0 Å². The molecule has 0 aromatic heterocycles. The van der Waals surface area contributed by atoms with Crippen LogP contribution in [0.5, 0.6) is 0 Å². The van der Waals surface area contributed by atoms with Gasteiger partial charge < -0.3 is 9.47 Å². The lowest BCUT2D eigenvalue weighted by molar-refractivity contribution is -0.0594. The van der Waals surface area contributed by atoms with Gasteiger partial charge in [-0.25, -0.2) is 0 Å². The molecule has 18 heavy (non-hydrogen) atoms. The molecule has 0 bridgehead atoms. The van der Waals surface area contributed by atoms with Crippen LogP contribution in [0, 0.1) is 5.92 Å². The van der Waals surface area contributed by atoms with Crippen molar-refractivity contribution >= 4 is 0 Å². The summed E-state index contributed by atoms with van der Waals surface area (Å²) in [6.45, 7) is 0.889. The molecule has 2 nitrogen and oxygen atoms in total. The third-order valence-corrected chi connectivity index (χ3v) is 5.93. The summed E-state index contributed by atoms with van der Waals surface area (Å²) in [4.78, 5) is 0. The van der Waals surface area contributed by atoms with Crippen molar-refractivity contribution in [3.63, 3.8) is 0 Å². The van der Waals surface area contributed by atoms with Gasteiger partial charge in [-0.15, -0.1) is 0 Å². The van der Waals surface area contributed by atoms with Crippen LogP contribution in [0.4, 0.5) is 0 Å². The van der Waals surface area contributed by atoms with Gasteiger partial charge in [0.2, 0.25) is 0 Å². The van der Waals surface area contributed by atoms with Crippen LogP contribution in [0.25, 0.3) is 0 Å². The minimum Gasteiger partial charge on any atom is -0.372 e. The standard InChI is InChI=1S/C16H26O2/c1-4-8-15(9-5-1)11-16(12-17-15)10-13-6-2-3-7-14(13)18-16/h13-14H,1-12H2/t13-,14+,16+/m0/s1. The third-order valence-electron chi connectivity index (χ3n) is 5.93. The fourth-order valence-corrected chi connectivity index (χ4v) is 5.11. The fourth-order valence-electron chi connectivity index (χ4n) is 5.11. The SMILES string of the molecule is C1CCC2(CC1)C[C@@]1(CO2)C[C@@H]2CCCC[C@H]2O1. The predicted octanol–water partition coefficient (Wildman–Crippen LogP) is 3.83. The summed E-state index contributed by atoms with van der Waals surface area (Å²) in [5, 5.41) is 0. The highest BCUT2D eigenvalue weighted by atomic mass is 16.6. The van der Waals surface area contributed by atoms with Crippen molar-refractivity contribution in [3.05, 3.63) is 0 Å². The quantitative estimate of drug-likeness (QED) is 0.650. The molecule has 3 atom stereocenters. The Kier molecular flexibility index (Phi) is 2.74. The lowest BCUT2D eigenvalue weighted by Crippen LogP contribution is -2.35. The molecular weight excluding hydrogens is 224 g/mol. The molecular formula is C16H26O2. The van der Waals surface area contributed by atoms with Crippen LogP contribution in [0.2, 0.25) is 0 Å². The summed E-state index contributed by atoms with van der Waals surface area (Å²) in [6.07, 6.45) is 15.3. The minimum atomic E-state index is 0.122. The zero-order valence-electron chi connectivity index (χ0n) is 11.5. The number of rotatable bonds is 0. The van der Waals surface area contributed by atoms with Gasteiger partial charge in [-0.2, -0.15) is 0 Å². The lowest BCUT2D eigenvalue weighted by Gasteiger charge is -2.33. The summed E-state index contributed by atoms with van der Waals surface area (Å²) < 4.78 is 12.8. The van der Waals surface area contributed by atoms with Crippen LogP contribution in [0.1, 0.15) is 70.6 Å². The molecule has 0 unspecified atom stereocenters. The van der Waals surface area contributed by atoms with Gasteiger partial charge in [0, 0.05) is 6.42 Å². The van der Waals surface area contributed by atoms with Crippen molar-refractivity contribution in [2.24, 2.45) is 5.92 Å². The molecule has 0 N–H and O–H groups in total. The van der Waals surface area contributed by atoms with Gasteiger partial charge in [-0.1, -0.05) is 32.1 Å². The predicted molar refractivity (Wildman–Crippen MR) is 70.6 cm³/mol. The molecule has 4 aliphatic rings. The van der Waals surface area contributed by atoms with E-state index in [9.17, 15) is 0 Å². The highest BCUT2D eigenvalue weighted by molar-refractivity contribution is 5.05. The Balaban J connectivity index is 1.49. The van der Waals surface area contributed by atoms with Crippen LogP contribution in [0.15, 0.2) is 0 Å². The summed E-state index contributed by atoms with van der Waals surface area (Å²) in [6, 6.07) is 0. The van der Waals surface area contributed by atoms with E-state index in [-0.39, 0.29) is 11.2 Å². The van der Waals surface area contributed by atoms with E-state index in [0.29, 0.717) is 6.10 Å². The zero-order chi connectivity index (χ0) is 12.1. The van der Waals surface area contributed by atoms with E-state index >= 15 is 0 Å². The maximum Gasteiger partial charge on any atom is 0.0950 e. The van der Waals surface area contributed by atoms with Gasteiger partial charge in [0.15, 0.2) is 0 Å². The molecule has 102 valence electrons. The van der Waals surface area contributed by atoms with Crippen LogP contribution in [-0.4, -0.2) is 23.9 Å². The number of ether oxygens (including phenoxy) is 2. The molecule has 2 saturated heterocycles. The third kappa shape index (κ3) is 1.84. The Labute approximate surface area is 110 Å². The van der Waals surface area contributed by atoms with Crippen molar-refractivity contribution in [2.45, 2.75) is 87.9 Å². The normalized spacial score (nSPS) is 46.7. The summed E-state index contributed by atoms with van der Waals surface area (Å²) in [5.41, 5.74) is 0.336. The van der Waals surface area contributed by atoms with E-state index in [0.717, 1.165) is 12.5 Å². The van der Waals surface area contributed by atoms with Crippen molar-refractivity contribution in [2.75, 3.05) is 6.61 Å². The van der Waals surface area contributed by atoms with Crippen LogP contribution < -0.4 is 0 Å². The van der Waals surface area contributed by atoms with Crippen molar-refractivity contribution in [1.29, 1.82) is 0 Å². The van der Waals surface area contributed by atoms with Crippen LogP contribution in [-0.2, 0) is 9.47 Å². The van der Waals surface area contributed by atoms with Crippen LogP contribution >= 0.6 is 0 Å². The molecule has 2 aliphatic heterocycles. The van der Waals surface area contributed by atoms with Gasteiger partial charge in [0.1, 0.15) is 0 Å². The first-order valence-electron chi connectivity index (χ1n) is 8.11. The van der Waals surface area contributed by atoms with E-state index in [1.54, 1.807) is 0 Å². The summed E-state index contributed by atoms with van der Waals surface area (Å²) in [5.74, 6) is 0.848. The minimum absolute atomic E-state index is 0.122. The second-order valence-electron chi connectivity index (χ2n) is 7.30. The van der Waals surface area contributed by atoms with Crippen LogP contribution in [0.3, 0.4) is 0 Å². The van der Waals surface area contributed by atoms with Crippen molar-refractivity contribution < 1.29 is 9.47 Å². The molecule has 0 amide bonds. The molecule has 2 heteroatoms. The molecule has 2 spiro atoms. The van der Waals surface area contributed by atoms with Gasteiger partial charge in [0.25, 0.3) is 0 Å². The highest BCUT2D eigenvalue weighted by Gasteiger charge is 2.56. The Morgan fingerprint density at radius 2 is 1.67 bits per heavy atom. The molecule has 0 radical (unpaired) electrons. The average Bonchev–Trinajstić information content (AvgIpc) is 2.91. The number of hydrogen-bond donors (Lipinski definition) is 0. The topological polar surface area (TPSA) is 18.5 Å². The van der Waals surface area contributed by atoms with E-state index in [4.69, 9.17) is 9.47 Å². The molecule has 2 saturated carbocycles. The monoisotopic (exact) mass is 250 g/mol. The second-order valence-corrected chi connectivity index (χ2v) is 7.30. The van der Waals surface area contributed by atoms with Gasteiger partial charge in [-0.05, 0) is 38.0 Å². The van der Waals surface area contributed by atoms with E-state index < -0.39 is 0 Å². The van der Waals surface area contributed by atoms with Gasteiger partial charge in [-0.3, -0.25) is 0 Å². The van der Waals surface area contributed by atoms with E-state index in [1.165, 1.54) is 70.6 Å². The fraction of sp³-hybridized carbons (Fsp3) is 1.00. The Morgan fingerprint density at radius 1 is 0.833 bits per heavy atom. The van der Waals surface area contributed by atoms with Gasteiger partial charge in [0.05, 0.1) is 23.9 Å². The lowest BCUT2D eigenvalue weighted by atomic mass is 9.76. The first-order valence-corrected chi connectivity index (χ1v) is 8.11. The molecule has 2 aliphatic carbocycles. The summed E-state index contributed by atoms with van der Waals surface area (Å²) >= 11 is 0. The maximum atomic E-state index is 6.52. The highest BCUT2D eigenvalue weighted by Crippen LogP contribution is 2.53. The van der Waals surface area contributed by atoms with Gasteiger partial charge >= 0.3 is 0 Å². The number of fused-ring (bicyclic) bond motifs is 1. The largest absolute Gasteiger partial charge is 0.372 e. The average molecular weight is 250 g/mol. The first-order chi connectivity index (χ1) is 8.79. The van der Waals surface area contributed by atoms with E-state index in [2.05, 4.69) is 0 Å². The molecule has 2 heterocycles.